The Hall–Kier alpha value is -3.30. The zero-order valence-corrected chi connectivity index (χ0v) is 15.2. The molecule has 3 rings (SSSR count). The van der Waals surface area contributed by atoms with Crippen molar-refractivity contribution in [3.8, 4) is 28.7 Å². The lowest BCUT2D eigenvalue weighted by Crippen LogP contribution is -2.29. The summed E-state index contributed by atoms with van der Waals surface area (Å²) in [6.45, 7) is 0.119. The third-order valence-corrected chi connectivity index (χ3v) is 4.65. The van der Waals surface area contributed by atoms with Crippen molar-refractivity contribution in [2.24, 2.45) is 0 Å². The van der Waals surface area contributed by atoms with Gasteiger partial charge in [-0.25, -0.2) is 0 Å². The number of ether oxygens (including phenoxy) is 1. The second kappa shape index (κ2) is 7.52. The van der Waals surface area contributed by atoms with E-state index >= 15 is 0 Å². The number of phenols is 1. The van der Waals surface area contributed by atoms with E-state index in [1.54, 1.807) is 31.4 Å². The van der Waals surface area contributed by atoms with Crippen LogP contribution in [0.4, 0.5) is 0 Å². The first kappa shape index (κ1) is 18.5. The molecule has 0 spiro atoms. The molecule has 0 atom stereocenters. The molecule has 2 aromatic carbocycles. The number of halogens is 1. The van der Waals surface area contributed by atoms with Gasteiger partial charge in [0.1, 0.15) is 18.0 Å². The van der Waals surface area contributed by atoms with E-state index in [4.69, 9.17) is 21.6 Å². The standard InChI is InChI=1S/C20H15ClN2O4/c1-27-14-4-2-12(3-5-14)16-10-13(11-17(24)18(16)21)19(25)15-6-8-23(9-7-22)20(15)26/h2-6,10-11,24H,8-9H2,1H3. The van der Waals surface area contributed by atoms with Crippen LogP contribution in [-0.2, 0) is 4.79 Å². The van der Waals surface area contributed by atoms with Gasteiger partial charge in [0, 0.05) is 17.7 Å². The molecule has 0 bridgehead atoms. The lowest BCUT2D eigenvalue weighted by molar-refractivity contribution is -0.124. The van der Waals surface area contributed by atoms with Crippen molar-refractivity contribution in [2.45, 2.75) is 0 Å². The number of ketones is 1. The van der Waals surface area contributed by atoms with E-state index in [1.807, 2.05) is 6.07 Å². The summed E-state index contributed by atoms with van der Waals surface area (Å²) in [5.74, 6) is -0.622. The molecule has 1 aliphatic heterocycles. The summed E-state index contributed by atoms with van der Waals surface area (Å²) < 4.78 is 5.12. The molecule has 0 unspecified atom stereocenters. The molecule has 1 amide bonds. The SMILES string of the molecule is COc1ccc(-c2cc(C(=O)C3=CCN(CC#N)C3=O)cc(O)c2Cl)cc1. The number of hydrogen-bond donors (Lipinski definition) is 1. The molecule has 0 fully saturated rings. The molecular weight excluding hydrogens is 368 g/mol. The Morgan fingerprint density at radius 2 is 2.04 bits per heavy atom. The predicted octanol–water partition coefficient (Wildman–Crippen LogP) is 3.20. The maximum absolute atomic E-state index is 12.8. The molecule has 1 aliphatic rings. The van der Waals surface area contributed by atoms with Crippen molar-refractivity contribution in [1.29, 1.82) is 5.26 Å². The van der Waals surface area contributed by atoms with E-state index in [2.05, 4.69) is 0 Å². The lowest BCUT2D eigenvalue weighted by atomic mass is 9.97. The van der Waals surface area contributed by atoms with Gasteiger partial charge in [-0.15, -0.1) is 0 Å². The first-order valence-corrected chi connectivity index (χ1v) is 8.42. The Morgan fingerprint density at radius 3 is 2.67 bits per heavy atom. The fourth-order valence-corrected chi connectivity index (χ4v) is 3.05. The van der Waals surface area contributed by atoms with Crippen molar-refractivity contribution in [2.75, 3.05) is 20.2 Å². The van der Waals surface area contributed by atoms with Crippen LogP contribution in [0.15, 0.2) is 48.0 Å². The van der Waals surface area contributed by atoms with Crippen LogP contribution in [0.25, 0.3) is 11.1 Å². The zero-order chi connectivity index (χ0) is 19.6. The fourth-order valence-electron chi connectivity index (χ4n) is 2.83. The first-order valence-electron chi connectivity index (χ1n) is 8.04. The Morgan fingerprint density at radius 1 is 1.33 bits per heavy atom. The maximum Gasteiger partial charge on any atom is 0.258 e. The minimum Gasteiger partial charge on any atom is -0.506 e. The topological polar surface area (TPSA) is 90.6 Å². The highest BCUT2D eigenvalue weighted by atomic mass is 35.5. The van der Waals surface area contributed by atoms with Crippen LogP contribution in [0.5, 0.6) is 11.5 Å². The maximum atomic E-state index is 12.8. The summed E-state index contributed by atoms with van der Waals surface area (Å²) in [5, 5.41) is 19.0. The summed E-state index contributed by atoms with van der Waals surface area (Å²) in [4.78, 5) is 26.3. The van der Waals surface area contributed by atoms with Crippen LogP contribution in [-0.4, -0.2) is 41.9 Å². The first-order chi connectivity index (χ1) is 13.0. The lowest BCUT2D eigenvalue weighted by Gasteiger charge is -2.12. The zero-order valence-electron chi connectivity index (χ0n) is 14.4. The Labute approximate surface area is 160 Å². The smallest absolute Gasteiger partial charge is 0.258 e. The number of rotatable bonds is 5. The number of carbonyl (C=O) groups is 2. The second-order valence-electron chi connectivity index (χ2n) is 5.88. The molecule has 0 aromatic heterocycles. The van der Waals surface area contributed by atoms with Gasteiger partial charge >= 0.3 is 0 Å². The van der Waals surface area contributed by atoms with Gasteiger partial charge in [-0.2, -0.15) is 5.26 Å². The number of nitrogens with zero attached hydrogens (tertiary/aromatic N) is 2. The van der Waals surface area contributed by atoms with E-state index in [0.717, 1.165) is 0 Å². The largest absolute Gasteiger partial charge is 0.506 e. The summed E-state index contributed by atoms with van der Waals surface area (Å²) in [6.07, 6.45) is 1.49. The molecule has 0 saturated carbocycles. The highest BCUT2D eigenvalue weighted by molar-refractivity contribution is 6.35. The van der Waals surface area contributed by atoms with Gasteiger partial charge in [-0.3, -0.25) is 9.59 Å². The van der Waals surface area contributed by atoms with E-state index < -0.39 is 11.7 Å². The summed E-state index contributed by atoms with van der Waals surface area (Å²) in [7, 11) is 1.55. The number of amides is 1. The minimum atomic E-state index is -0.526. The molecule has 0 saturated heterocycles. The quantitative estimate of drug-likeness (QED) is 0.487. The normalized spacial score (nSPS) is 13.3. The van der Waals surface area contributed by atoms with E-state index in [-0.39, 0.29) is 35.0 Å². The van der Waals surface area contributed by atoms with Gasteiger partial charge in [0.25, 0.3) is 5.91 Å². The van der Waals surface area contributed by atoms with Gasteiger partial charge in [0.2, 0.25) is 0 Å². The number of carbonyl (C=O) groups excluding carboxylic acids is 2. The third-order valence-electron chi connectivity index (χ3n) is 4.26. The van der Waals surface area contributed by atoms with Gasteiger partial charge in [-0.1, -0.05) is 23.7 Å². The monoisotopic (exact) mass is 382 g/mol. The van der Waals surface area contributed by atoms with Crippen LogP contribution in [0.3, 0.4) is 0 Å². The van der Waals surface area contributed by atoms with Crippen molar-refractivity contribution in [1.82, 2.24) is 4.90 Å². The summed E-state index contributed by atoms with van der Waals surface area (Å²) in [6, 6.07) is 11.6. The molecular formula is C20H15ClN2O4. The van der Waals surface area contributed by atoms with Crippen LogP contribution in [0.1, 0.15) is 10.4 Å². The summed E-state index contributed by atoms with van der Waals surface area (Å²) >= 11 is 6.21. The molecule has 1 N–H and O–H groups in total. The molecule has 2 aromatic rings. The van der Waals surface area contributed by atoms with Gasteiger partial charge in [0.15, 0.2) is 5.78 Å². The van der Waals surface area contributed by atoms with Crippen LogP contribution in [0.2, 0.25) is 5.02 Å². The van der Waals surface area contributed by atoms with Gasteiger partial charge in [0.05, 0.1) is 23.8 Å². The molecule has 0 radical (unpaired) electrons. The molecule has 0 aliphatic carbocycles. The third kappa shape index (κ3) is 3.50. The van der Waals surface area contributed by atoms with Crippen molar-refractivity contribution >= 4 is 23.3 Å². The molecule has 6 nitrogen and oxygen atoms in total. The highest BCUT2D eigenvalue weighted by Gasteiger charge is 2.30. The van der Waals surface area contributed by atoms with Crippen molar-refractivity contribution < 1.29 is 19.4 Å². The van der Waals surface area contributed by atoms with Crippen LogP contribution in [0, 0.1) is 11.3 Å². The average Bonchev–Trinajstić information content (AvgIpc) is 3.04. The number of nitriles is 1. The predicted molar refractivity (Wildman–Crippen MR) is 99.7 cm³/mol. The van der Waals surface area contributed by atoms with Crippen molar-refractivity contribution in [3.05, 3.63) is 58.6 Å². The van der Waals surface area contributed by atoms with E-state index in [9.17, 15) is 14.7 Å². The minimum absolute atomic E-state index is 0.0207. The Bertz CT molecular complexity index is 990. The highest BCUT2D eigenvalue weighted by Crippen LogP contribution is 2.37. The molecule has 136 valence electrons. The number of phenolic OH excluding ortho intramolecular Hbond substituents is 1. The van der Waals surface area contributed by atoms with Crippen molar-refractivity contribution in [3.63, 3.8) is 0 Å². The van der Waals surface area contributed by atoms with E-state index in [0.29, 0.717) is 16.9 Å². The second-order valence-corrected chi connectivity index (χ2v) is 6.25. The average molecular weight is 383 g/mol. The molecule has 1 heterocycles. The Balaban J connectivity index is 1.98. The number of methoxy groups -OCH3 is 1. The fraction of sp³-hybridized carbons (Fsp3) is 0.150. The number of aromatic hydroxyl groups is 1. The molecule has 7 heteroatoms. The molecule has 27 heavy (non-hydrogen) atoms. The van der Waals surface area contributed by atoms with Crippen LogP contribution >= 0.6 is 11.6 Å². The van der Waals surface area contributed by atoms with Gasteiger partial charge in [-0.05, 0) is 35.9 Å². The van der Waals surface area contributed by atoms with Gasteiger partial charge < -0.3 is 14.7 Å². The number of Topliss-reactive ketones (excluding diaryl/α,β-unsaturated/α-hetero) is 1. The number of benzene rings is 2. The number of hydrogen-bond acceptors (Lipinski definition) is 5. The summed E-state index contributed by atoms with van der Waals surface area (Å²) in [5.41, 5.74) is 1.26. The Kier molecular flexibility index (Phi) is 5.15. The van der Waals surface area contributed by atoms with Crippen LogP contribution < -0.4 is 4.74 Å². The van der Waals surface area contributed by atoms with E-state index in [1.165, 1.54) is 23.1 Å².